The molecule has 0 radical (unpaired) electrons. The third kappa shape index (κ3) is 12.8. The maximum Gasteiger partial charge on any atom is 2.00 e. The zero-order valence-corrected chi connectivity index (χ0v) is 28.1. The fourth-order valence-corrected chi connectivity index (χ4v) is 4.76. The summed E-state index contributed by atoms with van der Waals surface area (Å²) in [6.07, 6.45) is 15.7. The van der Waals surface area contributed by atoms with Crippen molar-refractivity contribution in [1.82, 2.24) is 0 Å². The van der Waals surface area contributed by atoms with Gasteiger partial charge < -0.3 is 19.4 Å². The Kier molecular flexibility index (Phi) is 22.4. The molecule has 1 aliphatic heterocycles. The molecule has 2 aromatic rings. The second-order valence-corrected chi connectivity index (χ2v) is 10.7. The van der Waals surface area contributed by atoms with Crippen LogP contribution in [-0.2, 0) is 29.3 Å². The molecule has 1 aliphatic rings. The van der Waals surface area contributed by atoms with Crippen LogP contribution in [0, 0.1) is 13.8 Å². The first-order chi connectivity index (χ1) is 19.5. The van der Waals surface area contributed by atoms with Gasteiger partial charge >= 0.3 is 16.5 Å². The number of allylic oxidation sites excluding steroid dienone is 2. The van der Waals surface area contributed by atoms with Gasteiger partial charge in [0.1, 0.15) is 0 Å². The number of hydrogen-bond donors (Lipinski definition) is 0. The van der Waals surface area contributed by atoms with Crippen molar-refractivity contribution < 1.29 is 21.2 Å². The van der Waals surface area contributed by atoms with E-state index in [2.05, 4.69) is 104 Å². The van der Waals surface area contributed by atoms with Crippen LogP contribution >= 0.6 is 0 Å². The van der Waals surface area contributed by atoms with Crippen LogP contribution in [0.15, 0.2) is 59.7 Å². The van der Waals surface area contributed by atoms with E-state index in [1.807, 2.05) is 0 Å². The zero-order chi connectivity index (χ0) is 29.8. The van der Waals surface area contributed by atoms with E-state index in [1.54, 1.807) is 0 Å². The molecule has 2 aromatic carbocycles. The van der Waals surface area contributed by atoms with Crippen molar-refractivity contribution in [3.05, 3.63) is 101 Å². The summed E-state index contributed by atoms with van der Waals surface area (Å²) in [6.45, 7) is 20.4. The maximum atomic E-state index is 11.6. The third-order valence-electron chi connectivity index (χ3n) is 7.24. The minimum Gasteiger partial charge on any atom is -0.493 e. The maximum absolute atomic E-state index is 11.6. The molecule has 2 nitrogen and oxygen atoms in total. The van der Waals surface area contributed by atoms with Crippen LogP contribution < -0.4 is 0 Å². The van der Waals surface area contributed by atoms with Crippen LogP contribution in [0.4, 0.5) is 0 Å². The SMILES string of the molecule is CCCCC1=C(c2cccc(CCCC)c2)[N+](=[N-])C(c2cccc(CCCC)c2)=C1CC.[CH2-]CCC.[CH2-]CCC.[Ni+2]. The number of nitrogens with zero attached hydrogens (tertiary/aromatic N) is 2. The monoisotopic (exact) mass is 600 g/mol. The molecule has 3 heteroatoms. The molecule has 3 rings (SSSR count). The summed E-state index contributed by atoms with van der Waals surface area (Å²) in [5.74, 6) is 0. The van der Waals surface area contributed by atoms with E-state index in [-0.39, 0.29) is 16.5 Å². The van der Waals surface area contributed by atoms with E-state index in [1.165, 1.54) is 65.5 Å². The molecule has 230 valence electrons. The number of hydrogen-bond acceptors (Lipinski definition) is 0. The van der Waals surface area contributed by atoms with Crippen molar-refractivity contribution in [2.75, 3.05) is 0 Å². The Balaban J connectivity index is 0.00000158. The molecule has 0 N–H and O–H groups in total. The summed E-state index contributed by atoms with van der Waals surface area (Å²) in [7, 11) is 0. The first kappa shape index (κ1) is 39.0. The minimum absolute atomic E-state index is 0. The van der Waals surface area contributed by atoms with Crippen molar-refractivity contribution in [2.24, 2.45) is 0 Å². The van der Waals surface area contributed by atoms with Gasteiger partial charge in [0.05, 0.1) is 0 Å². The molecule has 0 fully saturated rings. The summed E-state index contributed by atoms with van der Waals surface area (Å²) in [4.78, 5) is 0. The average molecular weight is 602 g/mol. The van der Waals surface area contributed by atoms with Gasteiger partial charge in [0.15, 0.2) is 0 Å². The third-order valence-corrected chi connectivity index (χ3v) is 7.24. The second-order valence-electron chi connectivity index (χ2n) is 10.7. The van der Waals surface area contributed by atoms with Gasteiger partial charge in [0.25, 0.3) is 0 Å². The number of benzene rings is 2. The van der Waals surface area contributed by atoms with Crippen molar-refractivity contribution in [1.29, 1.82) is 0 Å². The van der Waals surface area contributed by atoms with Gasteiger partial charge in [0.2, 0.25) is 11.4 Å². The Bertz CT molecular complexity index is 1060. The van der Waals surface area contributed by atoms with E-state index >= 15 is 0 Å². The first-order valence-corrected chi connectivity index (χ1v) is 16.2. The Morgan fingerprint density at radius 3 is 1.34 bits per heavy atom. The standard InChI is InChI=1S/C30H40N2.2C4H9.Ni/c1-5-9-14-23-16-12-18-25(21-23)29-27(8-4)28(20-11-7-3)30(32(29)31)26-19-13-17-24(22-26)15-10-6-2;2*1-3-4-2;/h12-13,16-19,21-22H,5-11,14-15,20H2,1-4H3;2*1,3-4H2,2H3;/q;2*-1;+2. The van der Waals surface area contributed by atoms with E-state index in [9.17, 15) is 5.53 Å². The van der Waals surface area contributed by atoms with E-state index in [0.717, 1.165) is 73.9 Å². The van der Waals surface area contributed by atoms with Gasteiger partial charge in [-0.15, -0.1) is 0 Å². The molecule has 0 amide bonds. The van der Waals surface area contributed by atoms with Gasteiger partial charge in [-0.25, -0.2) is 4.70 Å². The molecule has 0 aliphatic carbocycles. The number of unbranched alkanes of at least 4 members (excludes halogenated alkanes) is 5. The molecule has 0 unspecified atom stereocenters. The van der Waals surface area contributed by atoms with E-state index in [0.29, 0.717) is 0 Å². The van der Waals surface area contributed by atoms with Crippen molar-refractivity contribution >= 4 is 11.4 Å². The Morgan fingerprint density at radius 2 is 0.976 bits per heavy atom. The van der Waals surface area contributed by atoms with E-state index in [4.69, 9.17) is 0 Å². The fourth-order valence-electron chi connectivity index (χ4n) is 4.76. The van der Waals surface area contributed by atoms with Crippen molar-refractivity contribution in [3.63, 3.8) is 0 Å². The molecule has 1 heterocycles. The Hall–Kier alpha value is -1.99. The number of aryl methyl sites for hydroxylation is 2. The van der Waals surface area contributed by atoms with Gasteiger partial charge in [-0.3, -0.25) is 0 Å². The molecule has 0 atom stereocenters. The molecule has 0 bridgehead atoms. The zero-order valence-electron chi connectivity index (χ0n) is 27.1. The predicted molar refractivity (Wildman–Crippen MR) is 178 cm³/mol. The fraction of sp³-hybridized carbons (Fsp3) is 0.526. The van der Waals surface area contributed by atoms with Crippen LogP contribution in [0.5, 0.6) is 0 Å². The topological polar surface area (TPSA) is 25.3 Å². The summed E-state index contributed by atoms with van der Waals surface area (Å²) in [6, 6.07) is 17.6. The van der Waals surface area contributed by atoms with Gasteiger partial charge in [-0.2, -0.15) is 12.8 Å². The van der Waals surface area contributed by atoms with Crippen molar-refractivity contribution in [2.45, 2.75) is 131 Å². The predicted octanol–water partition coefficient (Wildman–Crippen LogP) is 12.4. The normalized spacial score (nSPS) is 12.4. The second kappa shape index (κ2) is 23.6. The molecule has 41 heavy (non-hydrogen) atoms. The summed E-state index contributed by atoms with van der Waals surface area (Å²) in [5, 5.41) is 0. The Labute approximate surface area is 264 Å². The molecule has 0 spiro atoms. The summed E-state index contributed by atoms with van der Waals surface area (Å²) >= 11 is 0. The molecular weight excluding hydrogens is 543 g/mol. The summed E-state index contributed by atoms with van der Waals surface area (Å²) < 4.78 is 1.50. The first-order valence-electron chi connectivity index (χ1n) is 16.2. The molecule has 0 aromatic heterocycles. The molecular formula is C38H58N2Ni. The quantitative estimate of drug-likeness (QED) is 0.117. The van der Waals surface area contributed by atoms with Crippen LogP contribution in [0.1, 0.15) is 141 Å². The van der Waals surface area contributed by atoms with Crippen LogP contribution in [0.2, 0.25) is 0 Å². The minimum atomic E-state index is 0. The Morgan fingerprint density at radius 1 is 0.585 bits per heavy atom. The van der Waals surface area contributed by atoms with Gasteiger partial charge in [-0.05, 0) is 80.3 Å². The average Bonchev–Trinajstić information content (AvgIpc) is 3.28. The summed E-state index contributed by atoms with van der Waals surface area (Å²) in [5.41, 5.74) is 21.1. The molecule has 0 saturated carbocycles. The van der Waals surface area contributed by atoms with Crippen LogP contribution in [-0.4, -0.2) is 4.70 Å². The van der Waals surface area contributed by atoms with Crippen LogP contribution in [0.25, 0.3) is 16.9 Å². The number of rotatable bonds is 14. The van der Waals surface area contributed by atoms with Crippen LogP contribution in [0.3, 0.4) is 0 Å². The van der Waals surface area contributed by atoms with Gasteiger partial charge in [-0.1, -0.05) is 97.9 Å². The smallest absolute Gasteiger partial charge is 0.493 e. The van der Waals surface area contributed by atoms with Gasteiger partial charge in [0, 0.05) is 22.3 Å². The van der Waals surface area contributed by atoms with Crippen molar-refractivity contribution in [3.8, 4) is 0 Å². The largest absolute Gasteiger partial charge is 2.00 e. The molecule has 0 saturated heterocycles. The van der Waals surface area contributed by atoms with E-state index < -0.39 is 0 Å².